The number of amides is 2. The number of rotatable bonds is 2. The van der Waals surface area contributed by atoms with Crippen molar-refractivity contribution in [3.05, 3.63) is 42.2 Å². The third-order valence-electron chi connectivity index (χ3n) is 6.00. The summed E-state index contributed by atoms with van der Waals surface area (Å²) in [6, 6.07) is 4.51. The maximum absolute atomic E-state index is 12.3. The molecule has 2 unspecified atom stereocenters. The molecule has 37 heavy (non-hydrogen) atoms. The highest BCUT2D eigenvalue weighted by Gasteiger charge is 2.40. The van der Waals surface area contributed by atoms with Crippen LogP contribution in [0.15, 0.2) is 21.3 Å². The lowest BCUT2D eigenvalue weighted by Crippen LogP contribution is -2.37. The molecule has 2 aromatic rings. The average molecular weight is 614 g/mol. The van der Waals surface area contributed by atoms with Gasteiger partial charge < -0.3 is 9.47 Å². The van der Waals surface area contributed by atoms with Gasteiger partial charge in [0.1, 0.15) is 11.2 Å². The minimum Gasteiger partial charge on any atom is -0.444 e. The normalized spacial score (nSPS) is 19.1. The fourth-order valence-electron chi connectivity index (χ4n) is 4.69. The summed E-state index contributed by atoms with van der Waals surface area (Å²) in [6.45, 7) is 21.3. The van der Waals surface area contributed by atoms with E-state index >= 15 is 0 Å². The van der Waals surface area contributed by atoms with Gasteiger partial charge in [-0.25, -0.2) is 9.59 Å². The summed E-state index contributed by atoms with van der Waals surface area (Å²) < 4.78 is 12.1. The van der Waals surface area contributed by atoms with Crippen molar-refractivity contribution in [1.82, 2.24) is 9.80 Å². The molecule has 2 atom stereocenters. The summed E-state index contributed by atoms with van der Waals surface area (Å²) in [4.78, 5) is 30.9. The number of fused-ring (bicyclic) bond motifs is 2. The van der Waals surface area contributed by atoms with Crippen LogP contribution in [0.1, 0.15) is 102 Å². The summed E-state index contributed by atoms with van der Waals surface area (Å²) in [5.74, 6) is 0.775. The van der Waals surface area contributed by atoms with Crippen LogP contribution in [-0.4, -0.2) is 33.2 Å². The zero-order chi connectivity index (χ0) is 27.9. The van der Waals surface area contributed by atoms with Gasteiger partial charge in [0.05, 0.1) is 29.0 Å². The molecule has 0 fully saturated rings. The third kappa shape index (κ3) is 7.30. The van der Waals surface area contributed by atoms with Crippen LogP contribution in [0.25, 0.3) is 0 Å². The van der Waals surface area contributed by atoms with E-state index in [0.717, 1.165) is 3.79 Å². The van der Waals surface area contributed by atoms with E-state index in [4.69, 9.17) is 9.47 Å². The molecule has 0 saturated heterocycles. The number of ether oxygens (including phenoxy) is 2. The second kappa shape index (κ2) is 11.3. The Bertz CT molecular complexity index is 1110. The molecule has 0 aromatic carbocycles. The third-order valence-corrected chi connectivity index (χ3v) is 8.78. The Labute approximate surface area is 238 Å². The molecule has 0 saturated carbocycles. The predicted octanol–water partition coefficient (Wildman–Crippen LogP) is 9.15. The van der Waals surface area contributed by atoms with Crippen molar-refractivity contribution in [2.45, 2.75) is 106 Å². The van der Waals surface area contributed by atoms with Crippen LogP contribution in [0.4, 0.5) is 9.59 Å². The standard InChI is InChI=1S/C14H20BrNO2S.C14H21NO2S/c1-8(2)11-12-9(6-10(15)19-12)7-16(11)13(17)18-14(3,4)5;1-9(2)11-12-10(6-7-18-12)8-15(11)13(16)17-14(3,4)5/h6,8,11H,7H2,1-5H3;6-7,9,11H,8H2,1-5H3. The van der Waals surface area contributed by atoms with Crippen LogP contribution in [0.5, 0.6) is 0 Å². The Hall–Kier alpha value is -1.58. The summed E-state index contributed by atoms with van der Waals surface area (Å²) in [6.07, 6.45) is -0.421. The molecule has 0 radical (unpaired) electrons. The Morgan fingerprint density at radius 3 is 1.78 bits per heavy atom. The molecule has 2 amide bonds. The molecule has 6 nitrogen and oxygen atoms in total. The van der Waals surface area contributed by atoms with Crippen molar-refractivity contribution in [2.24, 2.45) is 11.8 Å². The van der Waals surface area contributed by atoms with Crippen LogP contribution in [0, 0.1) is 11.8 Å². The molecular formula is C28H41BrN2O4S2. The summed E-state index contributed by atoms with van der Waals surface area (Å²) in [5.41, 5.74) is 1.62. The van der Waals surface area contributed by atoms with Crippen LogP contribution in [-0.2, 0) is 22.6 Å². The van der Waals surface area contributed by atoms with Crippen molar-refractivity contribution in [1.29, 1.82) is 0 Å². The van der Waals surface area contributed by atoms with Gasteiger partial charge in [-0.15, -0.1) is 22.7 Å². The van der Waals surface area contributed by atoms with Gasteiger partial charge >= 0.3 is 12.2 Å². The van der Waals surface area contributed by atoms with Crippen molar-refractivity contribution in [3.8, 4) is 0 Å². The molecule has 4 heterocycles. The number of thiophene rings is 2. The number of carbonyl (C=O) groups excluding carboxylic acids is 2. The monoisotopic (exact) mass is 612 g/mol. The van der Waals surface area contributed by atoms with Gasteiger partial charge in [-0.2, -0.15) is 0 Å². The van der Waals surface area contributed by atoms with Gasteiger partial charge in [0.15, 0.2) is 0 Å². The Morgan fingerprint density at radius 2 is 1.32 bits per heavy atom. The van der Waals surface area contributed by atoms with Crippen LogP contribution >= 0.6 is 38.6 Å². The smallest absolute Gasteiger partial charge is 0.411 e. The van der Waals surface area contributed by atoms with Crippen molar-refractivity contribution in [2.75, 3.05) is 0 Å². The fraction of sp³-hybridized carbons (Fsp3) is 0.643. The average Bonchev–Trinajstić information content (AvgIpc) is 3.43. The SMILES string of the molecule is CC(C)C1c2sc(Br)cc2CN1C(=O)OC(C)(C)C.CC(C)C1c2sccc2CN1C(=O)OC(C)(C)C. The maximum Gasteiger partial charge on any atom is 0.411 e. The van der Waals surface area contributed by atoms with Crippen LogP contribution in [0.2, 0.25) is 0 Å². The van der Waals surface area contributed by atoms with E-state index in [-0.39, 0.29) is 24.3 Å². The van der Waals surface area contributed by atoms with E-state index < -0.39 is 11.2 Å². The van der Waals surface area contributed by atoms with Gasteiger partial charge in [0.2, 0.25) is 0 Å². The van der Waals surface area contributed by atoms with Crippen molar-refractivity contribution >= 4 is 50.8 Å². The van der Waals surface area contributed by atoms with Crippen molar-refractivity contribution < 1.29 is 19.1 Å². The summed E-state index contributed by atoms with van der Waals surface area (Å²) in [7, 11) is 0. The molecule has 4 rings (SSSR count). The first kappa shape index (κ1) is 30.0. The highest BCUT2D eigenvalue weighted by molar-refractivity contribution is 9.11. The Morgan fingerprint density at radius 1 is 0.865 bits per heavy atom. The number of carbonyl (C=O) groups is 2. The topological polar surface area (TPSA) is 59.1 Å². The lowest BCUT2D eigenvalue weighted by molar-refractivity contribution is 0.0120. The molecule has 2 aliphatic rings. The number of nitrogens with zero attached hydrogens (tertiary/aromatic N) is 2. The van der Waals surface area contributed by atoms with Gasteiger partial charge in [0, 0.05) is 9.75 Å². The molecule has 0 spiro atoms. The second-order valence-electron chi connectivity index (χ2n) is 12.3. The molecule has 0 N–H and O–H groups in total. The van der Waals surface area contributed by atoms with Gasteiger partial charge in [-0.3, -0.25) is 9.80 Å². The first-order chi connectivity index (χ1) is 17.0. The number of hydrogen-bond acceptors (Lipinski definition) is 6. The molecule has 0 bridgehead atoms. The Kier molecular flexibility index (Phi) is 9.12. The van der Waals surface area contributed by atoms with E-state index in [9.17, 15) is 9.59 Å². The number of hydrogen-bond donors (Lipinski definition) is 0. The van der Waals surface area contributed by atoms with E-state index in [0.29, 0.717) is 24.9 Å². The van der Waals surface area contributed by atoms with E-state index in [1.165, 1.54) is 20.9 Å². The highest BCUT2D eigenvalue weighted by atomic mass is 79.9. The maximum atomic E-state index is 12.3. The number of halogens is 1. The van der Waals surface area contributed by atoms with Crippen LogP contribution < -0.4 is 0 Å². The minimum absolute atomic E-state index is 0.126. The van der Waals surface area contributed by atoms with E-state index in [1.807, 2.05) is 51.3 Å². The van der Waals surface area contributed by atoms with Crippen molar-refractivity contribution in [3.63, 3.8) is 0 Å². The highest BCUT2D eigenvalue weighted by Crippen LogP contribution is 2.45. The fourth-order valence-corrected chi connectivity index (χ4v) is 7.88. The molecule has 0 aliphatic carbocycles. The largest absolute Gasteiger partial charge is 0.444 e. The summed E-state index contributed by atoms with van der Waals surface area (Å²) >= 11 is 6.98. The zero-order valence-electron chi connectivity index (χ0n) is 23.7. The summed E-state index contributed by atoms with van der Waals surface area (Å²) in [5, 5.41) is 2.10. The zero-order valence-corrected chi connectivity index (χ0v) is 26.9. The van der Waals surface area contributed by atoms with E-state index in [1.54, 1.807) is 22.7 Å². The van der Waals surface area contributed by atoms with Crippen LogP contribution in [0.3, 0.4) is 0 Å². The van der Waals surface area contributed by atoms with Gasteiger partial charge in [0.25, 0.3) is 0 Å². The first-order valence-electron chi connectivity index (χ1n) is 12.8. The first-order valence-corrected chi connectivity index (χ1v) is 15.3. The lowest BCUT2D eigenvalue weighted by atomic mass is 10.0. The Balaban J connectivity index is 0.000000206. The van der Waals surface area contributed by atoms with Gasteiger partial charge in [-0.1, -0.05) is 27.7 Å². The molecule has 2 aliphatic heterocycles. The van der Waals surface area contributed by atoms with E-state index in [2.05, 4.69) is 61.1 Å². The van der Waals surface area contributed by atoms with Gasteiger partial charge in [-0.05, 0) is 97.9 Å². The predicted molar refractivity (Wildman–Crippen MR) is 155 cm³/mol. The molecule has 9 heteroatoms. The molecule has 2 aromatic heterocycles. The molecular weight excluding hydrogens is 572 g/mol. The molecule has 206 valence electrons. The second-order valence-corrected chi connectivity index (χ2v) is 15.8. The lowest BCUT2D eigenvalue weighted by Gasteiger charge is -2.30. The minimum atomic E-state index is -0.449. The quantitative estimate of drug-likeness (QED) is 0.339.